The Balaban J connectivity index is 1.88. The molecule has 1 saturated heterocycles. The van der Waals surface area contributed by atoms with Crippen LogP contribution >= 0.6 is 0 Å². The lowest BCUT2D eigenvalue weighted by Crippen LogP contribution is -2.38. The fourth-order valence-corrected chi connectivity index (χ4v) is 2.18. The predicted molar refractivity (Wildman–Crippen MR) is 71.4 cm³/mol. The van der Waals surface area contributed by atoms with Gasteiger partial charge in [0.1, 0.15) is 11.9 Å². The van der Waals surface area contributed by atoms with E-state index in [9.17, 15) is 0 Å². The van der Waals surface area contributed by atoms with Gasteiger partial charge in [-0.15, -0.1) is 0 Å². The quantitative estimate of drug-likeness (QED) is 0.749. The van der Waals surface area contributed by atoms with Gasteiger partial charge in [-0.1, -0.05) is 13.8 Å². The molecule has 1 fully saturated rings. The number of aromatic nitrogens is 2. The highest BCUT2D eigenvalue weighted by atomic mass is 16.5. The number of likely N-dealkylation sites (N-methyl/N-ethyl adjacent to an activating group) is 1. The first-order valence-corrected chi connectivity index (χ1v) is 6.92. The average molecular weight is 252 g/mol. The Bertz CT molecular complexity index is 353. The monoisotopic (exact) mass is 252 g/mol. The Morgan fingerprint density at radius 3 is 3.22 bits per heavy atom. The number of nitrogens with zero attached hydrogens (tertiary/aromatic N) is 2. The standard InChI is InChI=1S/C13H24N4O/c1-3-5-14-8-11-9-15-13(16-11)12-10-17(4-2)6-7-18-12/h9,12,14H,3-8,10H2,1-2H3,(H,15,16). The third kappa shape index (κ3) is 3.54. The second-order valence-electron chi connectivity index (χ2n) is 4.72. The summed E-state index contributed by atoms with van der Waals surface area (Å²) in [7, 11) is 0. The minimum Gasteiger partial charge on any atom is -0.368 e. The highest BCUT2D eigenvalue weighted by molar-refractivity contribution is 5.04. The number of morpholine rings is 1. The first-order valence-electron chi connectivity index (χ1n) is 6.92. The zero-order valence-electron chi connectivity index (χ0n) is 11.4. The van der Waals surface area contributed by atoms with E-state index in [0.717, 1.165) is 57.3 Å². The maximum absolute atomic E-state index is 5.78. The van der Waals surface area contributed by atoms with Crippen molar-refractivity contribution in [1.29, 1.82) is 0 Å². The van der Waals surface area contributed by atoms with E-state index in [1.54, 1.807) is 0 Å². The molecule has 2 rings (SSSR count). The van der Waals surface area contributed by atoms with Gasteiger partial charge in [-0.25, -0.2) is 4.98 Å². The number of nitrogens with one attached hydrogen (secondary N) is 2. The minimum absolute atomic E-state index is 0.0959. The van der Waals surface area contributed by atoms with E-state index in [2.05, 4.69) is 34.0 Å². The van der Waals surface area contributed by atoms with Gasteiger partial charge in [0.2, 0.25) is 0 Å². The van der Waals surface area contributed by atoms with Crippen molar-refractivity contribution in [3.05, 3.63) is 17.7 Å². The van der Waals surface area contributed by atoms with E-state index in [4.69, 9.17) is 4.74 Å². The summed E-state index contributed by atoms with van der Waals surface area (Å²) >= 11 is 0. The lowest BCUT2D eigenvalue weighted by atomic mass is 10.2. The number of imidazole rings is 1. The van der Waals surface area contributed by atoms with Gasteiger partial charge < -0.3 is 15.0 Å². The Morgan fingerprint density at radius 2 is 2.44 bits per heavy atom. The van der Waals surface area contributed by atoms with Crippen molar-refractivity contribution < 1.29 is 4.74 Å². The maximum Gasteiger partial charge on any atom is 0.136 e. The number of H-pyrrole nitrogens is 1. The normalized spacial score (nSPS) is 21.3. The van der Waals surface area contributed by atoms with E-state index in [1.165, 1.54) is 0 Å². The first kappa shape index (κ1) is 13.5. The van der Waals surface area contributed by atoms with Gasteiger partial charge in [0, 0.05) is 31.5 Å². The third-order valence-corrected chi connectivity index (χ3v) is 3.29. The fraction of sp³-hybridized carbons (Fsp3) is 0.769. The van der Waals surface area contributed by atoms with Crippen LogP contribution in [0, 0.1) is 0 Å². The molecule has 1 atom stereocenters. The van der Waals surface area contributed by atoms with E-state index in [0.29, 0.717) is 0 Å². The van der Waals surface area contributed by atoms with Gasteiger partial charge in [-0.05, 0) is 19.5 Å². The van der Waals surface area contributed by atoms with Gasteiger partial charge in [0.15, 0.2) is 0 Å². The van der Waals surface area contributed by atoms with Gasteiger partial charge in [0.05, 0.1) is 6.61 Å². The first-order chi connectivity index (χ1) is 8.83. The van der Waals surface area contributed by atoms with Crippen molar-refractivity contribution in [2.45, 2.75) is 32.9 Å². The van der Waals surface area contributed by atoms with Crippen LogP contribution in [0.25, 0.3) is 0 Å². The van der Waals surface area contributed by atoms with Crippen LogP contribution in [0.15, 0.2) is 6.20 Å². The number of rotatable bonds is 6. The van der Waals surface area contributed by atoms with Crippen LogP contribution in [-0.4, -0.2) is 47.7 Å². The molecule has 0 bridgehead atoms. The van der Waals surface area contributed by atoms with Crippen molar-refractivity contribution in [2.24, 2.45) is 0 Å². The second-order valence-corrected chi connectivity index (χ2v) is 4.72. The summed E-state index contributed by atoms with van der Waals surface area (Å²) in [5.41, 5.74) is 1.13. The molecule has 0 amide bonds. The fourth-order valence-electron chi connectivity index (χ4n) is 2.18. The SMILES string of the molecule is CCCNCc1cnc(C2CN(CC)CCO2)[nH]1. The van der Waals surface area contributed by atoms with Crippen molar-refractivity contribution >= 4 is 0 Å². The molecule has 0 spiro atoms. The summed E-state index contributed by atoms with van der Waals surface area (Å²) in [4.78, 5) is 10.2. The smallest absolute Gasteiger partial charge is 0.136 e. The number of hydrogen-bond acceptors (Lipinski definition) is 4. The van der Waals surface area contributed by atoms with Crippen molar-refractivity contribution in [2.75, 3.05) is 32.8 Å². The summed E-state index contributed by atoms with van der Waals surface area (Å²) in [5.74, 6) is 0.960. The van der Waals surface area contributed by atoms with Crippen molar-refractivity contribution in [1.82, 2.24) is 20.2 Å². The number of aromatic amines is 1. The largest absolute Gasteiger partial charge is 0.368 e. The van der Waals surface area contributed by atoms with E-state index < -0.39 is 0 Å². The molecule has 102 valence electrons. The van der Waals surface area contributed by atoms with E-state index in [-0.39, 0.29) is 6.10 Å². The highest BCUT2D eigenvalue weighted by Gasteiger charge is 2.23. The summed E-state index contributed by atoms with van der Waals surface area (Å²) < 4.78 is 5.78. The zero-order valence-corrected chi connectivity index (χ0v) is 11.4. The molecule has 5 heteroatoms. The topological polar surface area (TPSA) is 53.2 Å². The Morgan fingerprint density at radius 1 is 1.56 bits per heavy atom. The molecule has 5 nitrogen and oxygen atoms in total. The molecule has 0 saturated carbocycles. The van der Waals surface area contributed by atoms with Crippen molar-refractivity contribution in [3.63, 3.8) is 0 Å². The summed E-state index contributed by atoms with van der Waals surface area (Å²) in [6.45, 7) is 10.1. The summed E-state index contributed by atoms with van der Waals surface area (Å²) in [6, 6.07) is 0. The van der Waals surface area contributed by atoms with Crippen LogP contribution in [-0.2, 0) is 11.3 Å². The molecule has 18 heavy (non-hydrogen) atoms. The Labute approximate surface area is 109 Å². The second kappa shape index (κ2) is 6.87. The van der Waals surface area contributed by atoms with Crippen LogP contribution in [0.3, 0.4) is 0 Å². The molecule has 1 aliphatic heterocycles. The Kier molecular flexibility index (Phi) is 5.16. The molecule has 0 aliphatic carbocycles. The molecular formula is C13H24N4O. The molecule has 0 aromatic carbocycles. The lowest BCUT2D eigenvalue weighted by molar-refractivity contribution is -0.0322. The molecule has 2 heterocycles. The van der Waals surface area contributed by atoms with Crippen LogP contribution in [0.1, 0.15) is 37.9 Å². The van der Waals surface area contributed by atoms with Crippen LogP contribution < -0.4 is 5.32 Å². The van der Waals surface area contributed by atoms with Crippen molar-refractivity contribution in [3.8, 4) is 0 Å². The number of hydrogen-bond donors (Lipinski definition) is 2. The molecule has 2 N–H and O–H groups in total. The third-order valence-electron chi connectivity index (χ3n) is 3.29. The van der Waals surface area contributed by atoms with Gasteiger partial charge in [-0.2, -0.15) is 0 Å². The minimum atomic E-state index is 0.0959. The lowest BCUT2D eigenvalue weighted by Gasteiger charge is -2.30. The maximum atomic E-state index is 5.78. The van der Waals surface area contributed by atoms with Gasteiger partial charge in [0.25, 0.3) is 0 Å². The Hall–Kier alpha value is -0.910. The highest BCUT2D eigenvalue weighted by Crippen LogP contribution is 2.19. The van der Waals surface area contributed by atoms with Crippen LogP contribution in [0.4, 0.5) is 0 Å². The number of ether oxygens (including phenoxy) is 1. The molecule has 1 aromatic rings. The van der Waals surface area contributed by atoms with Gasteiger partial charge in [-0.3, -0.25) is 4.90 Å². The van der Waals surface area contributed by atoms with Crippen LogP contribution in [0.2, 0.25) is 0 Å². The molecule has 0 radical (unpaired) electrons. The predicted octanol–water partition coefficient (Wildman–Crippen LogP) is 1.30. The molecule has 1 aliphatic rings. The van der Waals surface area contributed by atoms with Crippen LogP contribution in [0.5, 0.6) is 0 Å². The molecule has 1 unspecified atom stereocenters. The van der Waals surface area contributed by atoms with E-state index >= 15 is 0 Å². The average Bonchev–Trinajstić information content (AvgIpc) is 2.88. The van der Waals surface area contributed by atoms with E-state index in [1.807, 2.05) is 6.20 Å². The molecular weight excluding hydrogens is 228 g/mol. The summed E-state index contributed by atoms with van der Waals surface area (Å²) in [6.07, 6.45) is 3.16. The molecule has 1 aromatic heterocycles. The zero-order chi connectivity index (χ0) is 12.8. The summed E-state index contributed by atoms with van der Waals surface area (Å²) in [5, 5.41) is 3.37. The van der Waals surface area contributed by atoms with Gasteiger partial charge >= 0.3 is 0 Å².